The van der Waals surface area contributed by atoms with E-state index >= 15 is 0 Å². The Hall–Kier alpha value is -2.86. The Kier molecular flexibility index (Phi) is 4.72. The van der Waals surface area contributed by atoms with Crippen molar-refractivity contribution >= 4 is 28.3 Å². The highest BCUT2D eigenvalue weighted by Gasteiger charge is 2.17. The SMILES string of the molecule is CCOC(=O)c1ncc2cc(Oc3cc(F)ccc3Cl)ccc2c1O. The number of ether oxygens (including phenoxy) is 2. The summed E-state index contributed by atoms with van der Waals surface area (Å²) in [6, 6.07) is 8.53. The highest BCUT2D eigenvalue weighted by atomic mass is 35.5. The Morgan fingerprint density at radius 2 is 2.08 bits per heavy atom. The fourth-order valence-corrected chi connectivity index (χ4v) is 2.44. The number of aromatic hydroxyl groups is 1. The van der Waals surface area contributed by atoms with E-state index in [0.717, 1.165) is 0 Å². The first kappa shape index (κ1) is 17.0. The van der Waals surface area contributed by atoms with Crippen LogP contribution in [0.2, 0.25) is 5.02 Å². The minimum atomic E-state index is -0.700. The average molecular weight is 362 g/mol. The molecule has 0 spiro atoms. The van der Waals surface area contributed by atoms with E-state index in [9.17, 15) is 14.3 Å². The van der Waals surface area contributed by atoms with Crippen LogP contribution in [0, 0.1) is 5.82 Å². The lowest BCUT2D eigenvalue weighted by atomic mass is 10.1. The van der Waals surface area contributed by atoms with Gasteiger partial charge < -0.3 is 14.6 Å². The van der Waals surface area contributed by atoms with Crippen LogP contribution in [0.1, 0.15) is 17.4 Å². The molecule has 1 heterocycles. The number of hydrogen-bond donors (Lipinski definition) is 1. The number of esters is 1. The molecule has 0 aliphatic heterocycles. The minimum absolute atomic E-state index is 0.156. The number of carbonyl (C=O) groups excluding carboxylic acids is 1. The maximum atomic E-state index is 13.3. The first-order valence-corrected chi connectivity index (χ1v) is 7.79. The number of hydrogen-bond acceptors (Lipinski definition) is 5. The molecule has 0 unspecified atom stereocenters. The topological polar surface area (TPSA) is 68.7 Å². The first-order chi connectivity index (χ1) is 12.0. The molecule has 0 amide bonds. The van der Waals surface area contributed by atoms with Crippen LogP contribution in [0.15, 0.2) is 42.6 Å². The third-order valence-corrected chi connectivity index (χ3v) is 3.74. The number of benzene rings is 2. The van der Waals surface area contributed by atoms with Gasteiger partial charge in [-0.2, -0.15) is 0 Å². The zero-order chi connectivity index (χ0) is 18.0. The lowest BCUT2D eigenvalue weighted by Gasteiger charge is -2.10. The van der Waals surface area contributed by atoms with Gasteiger partial charge in [0.2, 0.25) is 0 Å². The quantitative estimate of drug-likeness (QED) is 0.682. The van der Waals surface area contributed by atoms with Gasteiger partial charge in [-0.05, 0) is 37.3 Å². The Bertz CT molecular complexity index is 961. The number of halogens is 2. The zero-order valence-electron chi connectivity index (χ0n) is 13.1. The first-order valence-electron chi connectivity index (χ1n) is 7.41. The van der Waals surface area contributed by atoms with E-state index in [1.165, 1.54) is 24.4 Å². The van der Waals surface area contributed by atoms with E-state index in [1.807, 2.05) is 0 Å². The summed E-state index contributed by atoms with van der Waals surface area (Å²) in [6.07, 6.45) is 1.42. The zero-order valence-corrected chi connectivity index (χ0v) is 13.9. The monoisotopic (exact) mass is 361 g/mol. The fourth-order valence-electron chi connectivity index (χ4n) is 2.28. The van der Waals surface area contributed by atoms with Gasteiger partial charge >= 0.3 is 5.97 Å². The molecule has 25 heavy (non-hydrogen) atoms. The highest BCUT2D eigenvalue weighted by molar-refractivity contribution is 6.32. The van der Waals surface area contributed by atoms with Crippen molar-refractivity contribution in [1.29, 1.82) is 0 Å². The maximum Gasteiger partial charge on any atom is 0.360 e. The molecule has 2 aromatic carbocycles. The van der Waals surface area contributed by atoms with Gasteiger partial charge in [0.05, 0.1) is 11.6 Å². The molecule has 0 atom stereocenters. The standard InChI is InChI=1S/C18H13ClFNO4/c1-2-24-18(23)16-17(22)13-5-4-12(7-10(13)9-21-16)25-15-8-11(20)3-6-14(15)19/h3-9,22H,2H2,1H3. The number of aromatic nitrogens is 1. The van der Waals surface area contributed by atoms with Crippen molar-refractivity contribution in [2.45, 2.75) is 6.92 Å². The Morgan fingerprint density at radius 1 is 1.28 bits per heavy atom. The summed E-state index contributed by atoms with van der Waals surface area (Å²) in [5.74, 6) is -0.898. The van der Waals surface area contributed by atoms with Gasteiger partial charge in [-0.1, -0.05) is 11.6 Å². The fraction of sp³-hybridized carbons (Fsp3) is 0.111. The molecule has 0 aliphatic carbocycles. The Labute approximate surface area is 147 Å². The van der Waals surface area contributed by atoms with Crippen LogP contribution in [0.5, 0.6) is 17.2 Å². The predicted molar refractivity (Wildman–Crippen MR) is 90.8 cm³/mol. The summed E-state index contributed by atoms with van der Waals surface area (Å²) < 4.78 is 23.7. The Balaban J connectivity index is 1.97. The lowest BCUT2D eigenvalue weighted by molar-refractivity contribution is 0.0516. The molecule has 128 valence electrons. The molecule has 0 saturated heterocycles. The van der Waals surface area contributed by atoms with E-state index < -0.39 is 11.8 Å². The van der Waals surface area contributed by atoms with Gasteiger partial charge in [0, 0.05) is 23.0 Å². The minimum Gasteiger partial charge on any atom is -0.505 e. The van der Waals surface area contributed by atoms with Gasteiger partial charge in [0.15, 0.2) is 11.4 Å². The van der Waals surface area contributed by atoms with E-state index in [-0.39, 0.29) is 28.8 Å². The molecule has 3 rings (SSSR count). The van der Waals surface area contributed by atoms with Crippen LogP contribution in [0.25, 0.3) is 10.8 Å². The molecule has 7 heteroatoms. The van der Waals surface area contributed by atoms with Gasteiger partial charge in [0.25, 0.3) is 0 Å². The van der Waals surface area contributed by atoms with Crippen molar-refractivity contribution in [2.75, 3.05) is 6.61 Å². The summed E-state index contributed by atoms with van der Waals surface area (Å²) in [4.78, 5) is 15.7. The van der Waals surface area contributed by atoms with Crippen molar-refractivity contribution in [3.05, 3.63) is 59.1 Å². The third kappa shape index (κ3) is 3.49. The van der Waals surface area contributed by atoms with Gasteiger partial charge in [0.1, 0.15) is 17.3 Å². The largest absolute Gasteiger partial charge is 0.505 e. The summed E-state index contributed by atoms with van der Waals surface area (Å²) >= 11 is 5.98. The van der Waals surface area contributed by atoms with Gasteiger partial charge in [-0.15, -0.1) is 0 Å². The van der Waals surface area contributed by atoms with Crippen LogP contribution in [0.4, 0.5) is 4.39 Å². The van der Waals surface area contributed by atoms with E-state index in [1.54, 1.807) is 25.1 Å². The Morgan fingerprint density at radius 3 is 2.84 bits per heavy atom. The molecule has 0 aliphatic rings. The van der Waals surface area contributed by atoms with Crippen molar-refractivity contribution < 1.29 is 23.8 Å². The van der Waals surface area contributed by atoms with Crippen molar-refractivity contribution in [3.63, 3.8) is 0 Å². The molecule has 1 aromatic heterocycles. The van der Waals surface area contributed by atoms with E-state index in [4.69, 9.17) is 21.1 Å². The summed E-state index contributed by atoms with van der Waals surface area (Å²) in [5, 5.41) is 11.4. The third-order valence-electron chi connectivity index (χ3n) is 3.43. The van der Waals surface area contributed by atoms with Crippen molar-refractivity contribution in [3.8, 4) is 17.2 Å². The maximum absolute atomic E-state index is 13.3. The van der Waals surface area contributed by atoms with Gasteiger partial charge in [-0.3, -0.25) is 0 Å². The summed E-state index contributed by atoms with van der Waals surface area (Å²) in [6.45, 7) is 1.84. The highest BCUT2D eigenvalue weighted by Crippen LogP contribution is 2.34. The normalized spacial score (nSPS) is 10.7. The van der Waals surface area contributed by atoms with E-state index in [2.05, 4.69) is 4.98 Å². The number of nitrogens with zero attached hydrogens (tertiary/aromatic N) is 1. The van der Waals surface area contributed by atoms with E-state index in [0.29, 0.717) is 16.5 Å². The van der Waals surface area contributed by atoms with Crippen LogP contribution in [-0.4, -0.2) is 22.7 Å². The van der Waals surface area contributed by atoms with Crippen molar-refractivity contribution in [2.24, 2.45) is 0 Å². The van der Waals surface area contributed by atoms with Gasteiger partial charge in [-0.25, -0.2) is 14.2 Å². The summed E-state index contributed by atoms with van der Waals surface area (Å²) in [5.41, 5.74) is -0.156. The molecule has 5 nitrogen and oxygen atoms in total. The molecular formula is C18H13ClFNO4. The molecule has 0 bridgehead atoms. The molecule has 0 radical (unpaired) electrons. The molecular weight excluding hydrogens is 349 g/mol. The number of rotatable bonds is 4. The van der Waals surface area contributed by atoms with Crippen LogP contribution in [0.3, 0.4) is 0 Å². The van der Waals surface area contributed by atoms with Crippen LogP contribution in [-0.2, 0) is 4.74 Å². The molecule has 3 aromatic rings. The predicted octanol–water partition coefficient (Wildman–Crippen LogP) is 4.70. The number of pyridine rings is 1. The molecule has 0 fully saturated rings. The van der Waals surface area contributed by atoms with Crippen LogP contribution < -0.4 is 4.74 Å². The second-order valence-electron chi connectivity index (χ2n) is 5.10. The lowest BCUT2D eigenvalue weighted by Crippen LogP contribution is -2.07. The average Bonchev–Trinajstić information content (AvgIpc) is 2.58. The van der Waals surface area contributed by atoms with Crippen LogP contribution >= 0.6 is 11.6 Å². The van der Waals surface area contributed by atoms with Crippen molar-refractivity contribution in [1.82, 2.24) is 4.98 Å². The summed E-state index contributed by atoms with van der Waals surface area (Å²) in [7, 11) is 0. The smallest absolute Gasteiger partial charge is 0.360 e. The number of carbonyl (C=O) groups is 1. The second-order valence-corrected chi connectivity index (χ2v) is 5.51. The molecule has 1 N–H and O–H groups in total. The second kappa shape index (κ2) is 6.94. The molecule has 0 saturated carbocycles. The number of fused-ring (bicyclic) bond motifs is 1.